The van der Waals surface area contributed by atoms with E-state index in [0.29, 0.717) is 5.41 Å². The summed E-state index contributed by atoms with van der Waals surface area (Å²) in [7, 11) is 0. The molecule has 0 fully saturated rings. The van der Waals surface area contributed by atoms with Gasteiger partial charge in [-0.1, -0.05) is 65.7 Å². The summed E-state index contributed by atoms with van der Waals surface area (Å²) in [5.74, 6) is 0. The smallest absolute Gasteiger partial charge is 0.0897 e. The Morgan fingerprint density at radius 1 is 1.00 bits per heavy atom. The number of hydrogen-bond acceptors (Lipinski definition) is 2. The van der Waals surface area contributed by atoms with Crippen LogP contribution in [0.2, 0.25) is 0 Å². The molecule has 0 aromatic carbocycles. The number of hydrogen-bond donors (Lipinski definition) is 0. The van der Waals surface area contributed by atoms with Gasteiger partial charge in [0.05, 0.1) is 10.7 Å². The van der Waals surface area contributed by atoms with Gasteiger partial charge in [-0.05, 0) is 19.8 Å². The van der Waals surface area contributed by atoms with Gasteiger partial charge in [0.1, 0.15) is 0 Å². The summed E-state index contributed by atoms with van der Waals surface area (Å²) in [4.78, 5) is 4.77. The number of nitrogens with zero attached hydrogens (tertiary/aromatic N) is 1. The van der Waals surface area contributed by atoms with Crippen molar-refractivity contribution in [2.24, 2.45) is 0 Å². The molecule has 1 heterocycles. The van der Waals surface area contributed by atoms with Gasteiger partial charge >= 0.3 is 0 Å². The fourth-order valence-electron chi connectivity index (χ4n) is 2.71. The lowest BCUT2D eigenvalue weighted by Gasteiger charge is -2.28. The van der Waals surface area contributed by atoms with Crippen LogP contribution in [0, 0.1) is 6.92 Å². The van der Waals surface area contributed by atoms with Gasteiger partial charge in [0.2, 0.25) is 0 Å². The lowest BCUT2D eigenvalue weighted by molar-refractivity contribution is 0.360. The van der Waals surface area contributed by atoms with Crippen LogP contribution in [0.1, 0.15) is 89.3 Å². The molecule has 110 valence electrons. The SMILES string of the molecule is CCCCCCCC(C)(CCCC)c1csc(C)n1. The van der Waals surface area contributed by atoms with Crippen molar-refractivity contribution in [2.45, 2.75) is 90.9 Å². The molecule has 0 N–H and O–H groups in total. The van der Waals surface area contributed by atoms with Crippen molar-refractivity contribution in [2.75, 3.05) is 0 Å². The highest BCUT2D eigenvalue weighted by Gasteiger charge is 2.27. The number of aryl methyl sites for hydroxylation is 1. The van der Waals surface area contributed by atoms with Gasteiger partial charge in [-0.2, -0.15) is 0 Å². The van der Waals surface area contributed by atoms with Crippen LogP contribution in [0.25, 0.3) is 0 Å². The predicted octanol–water partition coefficient (Wildman–Crippen LogP) is 6.26. The molecule has 0 aliphatic rings. The molecule has 0 bridgehead atoms. The van der Waals surface area contributed by atoms with E-state index in [2.05, 4.69) is 33.1 Å². The average Bonchev–Trinajstić information content (AvgIpc) is 2.83. The van der Waals surface area contributed by atoms with Gasteiger partial charge in [0, 0.05) is 10.8 Å². The van der Waals surface area contributed by atoms with Crippen molar-refractivity contribution in [1.29, 1.82) is 0 Å². The minimum atomic E-state index is 0.312. The highest BCUT2D eigenvalue weighted by molar-refractivity contribution is 7.09. The van der Waals surface area contributed by atoms with E-state index in [-0.39, 0.29) is 0 Å². The lowest BCUT2D eigenvalue weighted by Crippen LogP contribution is -2.22. The molecule has 0 saturated heterocycles. The average molecular weight is 282 g/mol. The summed E-state index contributed by atoms with van der Waals surface area (Å²) in [5, 5.41) is 3.50. The summed E-state index contributed by atoms with van der Waals surface area (Å²) < 4.78 is 0. The van der Waals surface area contributed by atoms with Gasteiger partial charge in [0.15, 0.2) is 0 Å². The van der Waals surface area contributed by atoms with Gasteiger partial charge in [-0.25, -0.2) is 4.98 Å². The van der Waals surface area contributed by atoms with Crippen molar-refractivity contribution >= 4 is 11.3 Å². The van der Waals surface area contributed by atoms with Crippen LogP contribution < -0.4 is 0 Å². The molecule has 1 nitrogen and oxygen atoms in total. The number of thiazole rings is 1. The summed E-state index contributed by atoms with van der Waals surface area (Å²) >= 11 is 1.80. The monoisotopic (exact) mass is 281 g/mol. The molecule has 0 saturated carbocycles. The molecule has 1 aromatic heterocycles. The minimum absolute atomic E-state index is 0.312. The van der Waals surface area contributed by atoms with Gasteiger partial charge in [-0.15, -0.1) is 11.3 Å². The molecule has 0 aliphatic carbocycles. The maximum atomic E-state index is 4.77. The van der Waals surface area contributed by atoms with E-state index in [1.165, 1.54) is 68.5 Å². The predicted molar refractivity (Wildman–Crippen MR) is 87.1 cm³/mol. The van der Waals surface area contributed by atoms with Gasteiger partial charge < -0.3 is 0 Å². The zero-order valence-corrected chi connectivity index (χ0v) is 14.1. The standard InChI is InChI=1S/C17H31NS/c1-5-7-9-10-11-13-17(4,12-8-6-2)16-14-19-15(3)18-16/h14H,5-13H2,1-4H3. The van der Waals surface area contributed by atoms with Crippen LogP contribution in [-0.2, 0) is 5.41 Å². The van der Waals surface area contributed by atoms with E-state index in [9.17, 15) is 0 Å². The first-order valence-electron chi connectivity index (χ1n) is 8.05. The second-order valence-corrected chi connectivity index (χ2v) is 7.14. The second kappa shape index (κ2) is 8.73. The summed E-state index contributed by atoms with van der Waals surface area (Å²) in [5.41, 5.74) is 1.66. The molecule has 1 atom stereocenters. The van der Waals surface area contributed by atoms with Gasteiger partial charge in [-0.3, -0.25) is 0 Å². The Kier molecular flexibility index (Phi) is 7.67. The minimum Gasteiger partial charge on any atom is -0.246 e. The first kappa shape index (κ1) is 16.7. The van der Waals surface area contributed by atoms with Crippen LogP contribution >= 0.6 is 11.3 Å². The third-order valence-corrected chi connectivity index (χ3v) is 4.93. The molecular weight excluding hydrogens is 250 g/mol. The van der Waals surface area contributed by atoms with Crippen LogP contribution in [0.3, 0.4) is 0 Å². The maximum absolute atomic E-state index is 4.77. The van der Waals surface area contributed by atoms with Crippen LogP contribution in [0.4, 0.5) is 0 Å². The van der Waals surface area contributed by atoms with E-state index in [0.717, 1.165) is 0 Å². The van der Waals surface area contributed by atoms with E-state index in [4.69, 9.17) is 4.98 Å². The van der Waals surface area contributed by atoms with Crippen molar-refractivity contribution in [1.82, 2.24) is 4.98 Å². The second-order valence-electron chi connectivity index (χ2n) is 6.08. The van der Waals surface area contributed by atoms with Crippen LogP contribution in [0.15, 0.2) is 5.38 Å². The van der Waals surface area contributed by atoms with Crippen LogP contribution in [-0.4, -0.2) is 4.98 Å². The van der Waals surface area contributed by atoms with Crippen LogP contribution in [0.5, 0.6) is 0 Å². The molecule has 0 amide bonds. The largest absolute Gasteiger partial charge is 0.246 e. The number of rotatable bonds is 10. The van der Waals surface area contributed by atoms with E-state index in [1.807, 2.05) is 0 Å². The Morgan fingerprint density at radius 3 is 2.21 bits per heavy atom. The summed E-state index contributed by atoms with van der Waals surface area (Å²) in [6, 6.07) is 0. The first-order valence-corrected chi connectivity index (χ1v) is 8.93. The zero-order valence-electron chi connectivity index (χ0n) is 13.3. The fourth-order valence-corrected chi connectivity index (χ4v) is 3.48. The first-order chi connectivity index (χ1) is 9.12. The van der Waals surface area contributed by atoms with E-state index >= 15 is 0 Å². The van der Waals surface area contributed by atoms with E-state index < -0.39 is 0 Å². The molecule has 1 aromatic rings. The highest BCUT2D eigenvalue weighted by atomic mass is 32.1. The molecule has 1 unspecified atom stereocenters. The third kappa shape index (κ3) is 5.64. The maximum Gasteiger partial charge on any atom is 0.0897 e. The van der Waals surface area contributed by atoms with Crippen molar-refractivity contribution in [3.63, 3.8) is 0 Å². The Balaban J connectivity index is 2.54. The molecule has 1 rings (SSSR count). The Bertz CT molecular complexity index is 345. The molecule has 19 heavy (non-hydrogen) atoms. The third-order valence-electron chi connectivity index (χ3n) is 4.15. The lowest BCUT2D eigenvalue weighted by atomic mass is 9.77. The fraction of sp³-hybridized carbons (Fsp3) is 0.824. The number of aromatic nitrogens is 1. The van der Waals surface area contributed by atoms with E-state index in [1.54, 1.807) is 11.3 Å². The molecule has 0 spiro atoms. The Labute approximate surface area is 123 Å². The Morgan fingerprint density at radius 2 is 1.63 bits per heavy atom. The topological polar surface area (TPSA) is 12.9 Å². The van der Waals surface area contributed by atoms with Crippen molar-refractivity contribution in [3.8, 4) is 0 Å². The zero-order chi connectivity index (χ0) is 14.1. The van der Waals surface area contributed by atoms with Crippen molar-refractivity contribution < 1.29 is 0 Å². The van der Waals surface area contributed by atoms with Gasteiger partial charge in [0.25, 0.3) is 0 Å². The molecule has 2 heteroatoms. The molecule has 0 radical (unpaired) electrons. The molecular formula is C17H31NS. The quantitative estimate of drug-likeness (QED) is 0.461. The number of unbranched alkanes of at least 4 members (excludes halogenated alkanes) is 5. The highest BCUT2D eigenvalue weighted by Crippen LogP contribution is 2.35. The normalized spacial score (nSPS) is 14.5. The molecule has 0 aliphatic heterocycles. The summed E-state index contributed by atoms with van der Waals surface area (Å²) in [6.45, 7) is 9.12. The van der Waals surface area contributed by atoms with Crippen molar-refractivity contribution in [3.05, 3.63) is 16.1 Å². The Hall–Kier alpha value is -0.370. The summed E-state index contributed by atoms with van der Waals surface area (Å²) in [6.07, 6.45) is 12.1.